The molecule has 0 atom stereocenters. The van der Waals surface area contributed by atoms with Crippen molar-refractivity contribution < 1.29 is 23.7 Å². The van der Waals surface area contributed by atoms with Gasteiger partial charge in [-0.05, 0) is 77.7 Å². The number of aryl methyl sites for hydroxylation is 1. The maximum atomic E-state index is 14.8. The van der Waals surface area contributed by atoms with Crippen LogP contribution in [0.2, 0.25) is 0 Å². The maximum absolute atomic E-state index is 14.8. The van der Waals surface area contributed by atoms with Crippen molar-refractivity contribution in [3.8, 4) is 28.5 Å². The average Bonchev–Trinajstić information content (AvgIpc) is 3.21. The van der Waals surface area contributed by atoms with E-state index in [0.29, 0.717) is 42.6 Å². The van der Waals surface area contributed by atoms with Gasteiger partial charge in [0.2, 0.25) is 0 Å². The Morgan fingerprint density at radius 2 is 1.26 bits per heavy atom. The van der Waals surface area contributed by atoms with E-state index >= 15 is 0 Å². The number of carbonyl (C=O) groups is 1. The molecule has 0 aliphatic heterocycles. The molecule has 0 saturated carbocycles. The van der Waals surface area contributed by atoms with Crippen molar-refractivity contribution in [3.05, 3.63) is 186 Å². The van der Waals surface area contributed by atoms with Gasteiger partial charge < -0.3 is 23.8 Å². The molecule has 1 amide bonds. The molecular formula is C46H40N2O5. The predicted molar refractivity (Wildman–Crippen MR) is 209 cm³/mol. The Kier molecular flexibility index (Phi) is 11.0. The van der Waals surface area contributed by atoms with Gasteiger partial charge in [0.1, 0.15) is 30.5 Å². The molecule has 53 heavy (non-hydrogen) atoms. The molecule has 0 N–H and O–H groups in total. The van der Waals surface area contributed by atoms with Crippen LogP contribution < -0.4 is 19.1 Å². The zero-order chi connectivity index (χ0) is 36.4. The molecular weight excluding hydrogens is 661 g/mol. The van der Waals surface area contributed by atoms with Crippen molar-refractivity contribution in [2.24, 2.45) is 0 Å². The number of amides is 1. The van der Waals surface area contributed by atoms with Crippen LogP contribution in [0.15, 0.2) is 158 Å². The highest BCUT2D eigenvalue weighted by atomic mass is 16.7. The molecule has 0 unspecified atom stereocenters. The summed E-state index contributed by atoms with van der Waals surface area (Å²) < 4.78 is 23.2. The number of anilines is 1. The van der Waals surface area contributed by atoms with Gasteiger partial charge in [0.15, 0.2) is 6.79 Å². The van der Waals surface area contributed by atoms with Crippen LogP contribution in [-0.2, 0) is 24.5 Å². The summed E-state index contributed by atoms with van der Waals surface area (Å²) in [5.41, 5.74) is 8.00. The molecule has 0 aliphatic carbocycles. The van der Waals surface area contributed by atoms with E-state index in [0.717, 1.165) is 50.1 Å². The highest BCUT2D eigenvalue weighted by Crippen LogP contribution is 2.32. The molecule has 0 fully saturated rings. The number of methoxy groups -OCH3 is 1. The van der Waals surface area contributed by atoms with Crippen LogP contribution >= 0.6 is 0 Å². The number of fused-ring (bicyclic) bond motifs is 1. The number of para-hydroxylation sites is 1. The number of benzene rings is 6. The summed E-state index contributed by atoms with van der Waals surface area (Å²) in [6, 6.07) is 51.2. The number of rotatable bonds is 14. The molecule has 7 heteroatoms. The lowest BCUT2D eigenvalue weighted by molar-refractivity contribution is 0.0511. The summed E-state index contributed by atoms with van der Waals surface area (Å²) in [5, 5.41) is 1.10. The number of aromatic nitrogens is 1. The van der Waals surface area contributed by atoms with Gasteiger partial charge in [0, 0.05) is 29.8 Å². The lowest BCUT2D eigenvalue weighted by Crippen LogP contribution is -2.30. The molecule has 264 valence electrons. The summed E-state index contributed by atoms with van der Waals surface area (Å²) >= 11 is 0. The van der Waals surface area contributed by atoms with Crippen LogP contribution in [0.3, 0.4) is 0 Å². The van der Waals surface area contributed by atoms with Crippen molar-refractivity contribution in [1.82, 2.24) is 4.98 Å². The van der Waals surface area contributed by atoms with Crippen LogP contribution in [0.25, 0.3) is 22.2 Å². The second kappa shape index (κ2) is 16.7. The van der Waals surface area contributed by atoms with Gasteiger partial charge in [0.25, 0.3) is 5.91 Å². The van der Waals surface area contributed by atoms with Gasteiger partial charge >= 0.3 is 0 Å². The molecule has 0 radical (unpaired) electrons. The minimum absolute atomic E-state index is 0.151. The second-order valence-electron chi connectivity index (χ2n) is 12.7. The van der Waals surface area contributed by atoms with E-state index in [1.807, 2.05) is 133 Å². The Morgan fingerprint density at radius 3 is 1.96 bits per heavy atom. The van der Waals surface area contributed by atoms with Gasteiger partial charge in [0.05, 0.1) is 23.3 Å². The van der Waals surface area contributed by atoms with E-state index in [2.05, 4.69) is 19.1 Å². The number of hydrogen-bond donors (Lipinski definition) is 0. The van der Waals surface area contributed by atoms with Crippen molar-refractivity contribution in [2.75, 3.05) is 18.8 Å². The Morgan fingerprint density at radius 1 is 0.623 bits per heavy atom. The highest BCUT2D eigenvalue weighted by Gasteiger charge is 2.23. The third kappa shape index (κ3) is 8.72. The molecule has 7 aromatic rings. The Bertz CT molecular complexity index is 2280. The van der Waals surface area contributed by atoms with Crippen molar-refractivity contribution >= 4 is 22.5 Å². The first-order valence-electron chi connectivity index (χ1n) is 17.5. The molecule has 0 aliphatic rings. The second-order valence-corrected chi connectivity index (χ2v) is 12.7. The van der Waals surface area contributed by atoms with Gasteiger partial charge in [-0.25, -0.2) is 4.98 Å². The number of carbonyl (C=O) groups excluding carboxylic acids is 1. The lowest BCUT2D eigenvalue weighted by atomic mass is 10.0. The summed E-state index contributed by atoms with van der Waals surface area (Å²) in [4.78, 5) is 21.5. The van der Waals surface area contributed by atoms with E-state index in [9.17, 15) is 4.79 Å². The van der Waals surface area contributed by atoms with Crippen molar-refractivity contribution in [2.45, 2.75) is 26.7 Å². The highest BCUT2D eigenvalue weighted by molar-refractivity contribution is 6.08. The topological polar surface area (TPSA) is 70.1 Å². The van der Waals surface area contributed by atoms with E-state index in [1.165, 1.54) is 0 Å². The summed E-state index contributed by atoms with van der Waals surface area (Å²) in [7, 11) is 1.58. The number of pyridine rings is 1. The largest absolute Gasteiger partial charge is 0.489 e. The molecule has 6 aromatic carbocycles. The average molecular weight is 701 g/mol. The standard InChI is InChI=1S/C46H40N2O5/c1-33-27-38-15-9-10-16-43(38)47-45(33)37-19-21-39(22-20-37)48(29-34-17-23-40(24-18-34)53-32-50-2)46(49)42-26-25-41(51-30-35-11-5-3-6-12-35)28-44(42)52-31-36-13-7-4-8-14-36/h3-28H,29-32H2,1-2H3. The van der Waals surface area contributed by atoms with Gasteiger partial charge in [-0.15, -0.1) is 0 Å². The quantitative estimate of drug-likeness (QED) is 0.105. The van der Waals surface area contributed by atoms with E-state index in [4.69, 9.17) is 23.9 Å². The molecule has 1 aromatic heterocycles. The third-order valence-electron chi connectivity index (χ3n) is 8.89. The lowest BCUT2D eigenvalue weighted by Gasteiger charge is -2.25. The Hall–Kier alpha value is -6.44. The minimum Gasteiger partial charge on any atom is -0.489 e. The summed E-state index contributed by atoms with van der Waals surface area (Å²) in [5.74, 6) is 1.51. The van der Waals surface area contributed by atoms with Gasteiger partial charge in [-0.2, -0.15) is 0 Å². The van der Waals surface area contributed by atoms with Crippen LogP contribution in [0, 0.1) is 6.92 Å². The first-order valence-corrected chi connectivity index (χ1v) is 17.5. The number of nitrogens with zero attached hydrogens (tertiary/aromatic N) is 2. The zero-order valence-electron chi connectivity index (χ0n) is 29.8. The number of ether oxygens (including phenoxy) is 4. The zero-order valence-corrected chi connectivity index (χ0v) is 29.8. The molecule has 1 heterocycles. The minimum atomic E-state index is -0.213. The van der Waals surface area contributed by atoms with Crippen LogP contribution in [0.5, 0.6) is 17.2 Å². The van der Waals surface area contributed by atoms with Crippen molar-refractivity contribution in [3.63, 3.8) is 0 Å². The fraction of sp³-hybridized carbons (Fsp3) is 0.130. The van der Waals surface area contributed by atoms with Crippen molar-refractivity contribution in [1.29, 1.82) is 0 Å². The number of hydrogen-bond acceptors (Lipinski definition) is 6. The monoisotopic (exact) mass is 700 g/mol. The molecule has 0 bridgehead atoms. The van der Waals surface area contributed by atoms with E-state index in [1.54, 1.807) is 24.1 Å². The van der Waals surface area contributed by atoms with Gasteiger partial charge in [-0.3, -0.25) is 4.79 Å². The third-order valence-corrected chi connectivity index (χ3v) is 8.89. The van der Waals surface area contributed by atoms with Crippen LogP contribution in [0.4, 0.5) is 5.69 Å². The predicted octanol–water partition coefficient (Wildman–Crippen LogP) is 10.2. The molecule has 0 spiro atoms. The fourth-order valence-corrected chi connectivity index (χ4v) is 6.10. The normalized spacial score (nSPS) is 10.9. The van der Waals surface area contributed by atoms with Crippen LogP contribution in [-0.4, -0.2) is 24.8 Å². The summed E-state index contributed by atoms with van der Waals surface area (Å²) in [6.45, 7) is 3.21. The SMILES string of the molecule is COCOc1ccc(CN(C(=O)c2ccc(OCc3ccccc3)cc2OCc2ccccc2)c2ccc(-c3nc4ccccc4cc3C)cc2)cc1. The smallest absolute Gasteiger partial charge is 0.262 e. The van der Waals surface area contributed by atoms with E-state index in [-0.39, 0.29) is 12.7 Å². The molecule has 0 saturated heterocycles. The first kappa shape index (κ1) is 35.0. The fourth-order valence-electron chi connectivity index (χ4n) is 6.10. The van der Waals surface area contributed by atoms with Gasteiger partial charge in [-0.1, -0.05) is 103 Å². The first-order chi connectivity index (χ1) is 26.0. The van der Waals surface area contributed by atoms with Crippen LogP contribution in [0.1, 0.15) is 32.6 Å². The summed E-state index contributed by atoms with van der Waals surface area (Å²) in [6.07, 6.45) is 0. The Labute approximate surface area is 310 Å². The molecule has 7 nitrogen and oxygen atoms in total. The Balaban J connectivity index is 1.23. The molecule has 7 rings (SSSR count). The van der Waals surface area contributed by atoms with E-state index < -0.39 is 0 Å². The maximum Gasteiger partial charge on any atom is 0.262 e.